The molecular formula is C19H22ClN3O3. The maximum Gasteiger partial charge on any atom is 0.252 e. The van der Waals surface area contributed by atoms with Crippen molar-refractivity contribution in [2.24, 2.45) is 11.5 Å². The number of anilines is 1. The molecule has 1 saturated carbocycles. The first-order valence-corrected chi connectivity index (χ1v) is 8.25. The van der Waals surface area contributed by atoms with Gasteiger partial charge in [-0.15, -0.1) is 12.4 Å². The van der Waals surface area contributed by atoms with Crippen molar-refractivity contribution in [1.82, 2.24) is 0 Å². The van der Waals surface area contributed by atoms with Crippen molar-refractivity contribution in [3.8, 4) is 11.5 Å². The minimum absolute atomic E-state index is 0. The summed E-state index contributed by atoms with van der Waals surface area (Å²) in [4.78, 5) is 23.7. The van der Waals surface area contributed by atoms with Gasteiger partial charge in [-0.3, -0.25) is 9.59 Å². The topological polar surface area (TPSA) is 107 Å². The van der Waals surface area contributed by atoms with Crippen LogP contribution in [0, 0.1) is 0 Å². The first kappa shape index (κ1) is 19.8. The number of primary amides is 1. The molecule has 26 heavy (non-hydrogen) atoms. The van der Waals surface area contributed by atoms with Crippen LogP contribution in [0.3, 0.4) is 0 Å². The lowest BCUT2D eigenvalue weighted by molar-refractivity contribution is -0.121. The van der Waals surface area contributed by atoms with Gasteiger partial charge in [0.25, 0.3) is 5.91 Å². The second-order valence-corrected chi connectivity index (χ2v) is 6.30. The molecule has 0 spiro atoms. The molecule has 0 saturated heterocycles. The Morgan fingerprint density at radius 1 is 1.00 bits per heavy atom. The van der Waals surface area contributed by atoms with E-state index >= 15 is 0 Å². The lowest BCUT2D eigenvalue weighted by atomic mass is 9.98. The van der Waals surface area contributed by atoms with Gasteiger partial charge in [-0.1, -0.05) is 25.0 Å². The molecule has 0 heterocycles. The number of para-hydroxylation sites is 1. The summed E-state index contributed by atoms with van der Waals surface area (Å²) in [5.41, 5.74) is 11.7. The molecule has 2 aromatic rings. The largest absolute Gasteiger partial charge is 0.457 e. The summed E-state index contributed by atoms with van der Waals surface area (Å²) in [5, 5.41) is 2.85. The van der Waals surface area contributed by atoms with Crippen LogP contribution in [0.1, 0.15) is 36.0 Å². The molecule has 0 atom stereocenters. The third-order valence-electron chi connectivity index (χ3n) is 4.44. The number of benzene rings is 2. The van der Waals surface area contributed by atoms with E-state index < -0.39 is 11.4 Å². The fourth-order valence-electron chi connectivity index (χ4n) is 2.98. The van der Waals surface area contributed by atoms with Crippen molar-refractivity contribution in [1.29, 1.82) is 0 Å². The van der Waals surface area contributed by atoms with Gasteiger partial charge in [-0.25, -0.2) is 0 Å². The van der Waals surface area contributed by atoms with Gasteiger partial charge in [-0.05, 0) is 49.2 Å². The van der Waals surface area contributed by atoms with Gasteiger partial charge in [0.1, 0.15) is 11.5 Å². The molecular weight excluding hydrogens is 354 g/mol. The first-order chi connectivity index (χ1) is 12.0. The SMILES string of the molecule is Cl.NC(=O)c1ccccc1Oc1ccc(NC(=O)C2(N)CCCC2)cc1. The van der Waals surface area contributed by atoms with E-state index in [-0.39, 0.29) is 18.3 Å². The lowest BCUT2D eigenvalue weighted by Gasteiger charge is -2.22. The molecule has 3 rings (SSSR count). The molecule has 6 nitrogen and oxygen atoms in total. The highest BCUT2D eigenvalue weighted by Gasteiger charge is 2.36. The van der Waals surface area contributed by atoms with Gasteiger partial charge in [0.15, 0.2) is 0 Å². The zero-order chi connectivity index (χ0) is 17.9. The van der Waals surface area contributed by atoms with Crippen LogP contribution >= 0.6 is 12.4 Å². The van der Waals surface area contributed by atoms with Crippen LogP contribution in [0.25, 0.3) is 0 Å². The van der Waals surface area contributed by atoms with Crippen molar-refractivity contribution < 1.29 is 14.3 Å². The molecule has 1 fully saturated rings. The molecule has 1 aliphatic rings. The van der Waals surface area contributed by atoms with Gasteiger partial charge < -0.3 is 21.5 Å². The second kappa shape index (κ2) is 8.21. The molecule has 2 amide bonds. The summed E-state index contributed by atoms with van der Waals surface area (Å²) in [5.74, 6) is 0.218. The van der Waals surface area contributed by atoms with E-state index in [4.69, 9.17) is 16.2 Å². The minimum atomic E-state index is -0.768. The zero-order valence-corrected chi connectivity index (χ0v) is 15.1. The Balaban J connectivity index is 0.00000243. The van der Waals surface area contributed by atoms with Gasteiger partial charge in [-0.2, -0.15) is 0 Å². The fourth-order valence-corrected chi connectivity index (χ4v) is 2.98. The Kier molecular flexibility index (Phi) is 6.23. The number of nitrogens with one attached hydrogen (secondary N) is 1. The quantitative estimate of drug-likeness (QED) is 0.745. The predicted octanol–water partition coefficient (Wildman–Crippen LogP) is 3.21. The average Bonchev–Trinajstić information content (AvgIpc) is 3.05. The van der Waals surface area contributed by atoms with E-state index in [1.165, 1.54) is 0 Å². The van der Waals surface area contributed by atoms with Crippen LogP contribution in [-0.2, 0) is 4.79 Å². The number of amides is 2. The van der Waals surface area contributed by atoms with Crippen LogP contribution < -0.4 is 21.5 Å². The van der Waals surface area contributed by atoms with Crippen LogP contribution in [0.2, 0.25) is 0 Å². The summed E-state index contributed by atoms with van der Waals surface area (Å²) < 4.78 is 5.71. The van der Waals surface area contributed by atoms with Gasteiger partial charge in [0.05, 0.1) is 11.1 Å². The van der Waals surface area contributed by atoms with Crippen LogP contribution in [0.15, 0.2) is 48.5 Å². The Bertz CT molecular complexity index is 787. The first-order valence-electron chi connectivity index (χ1n) is 8.25. The van der Waals surface area contributed by atoms with E-state index in [9.17, 15) is 9.59 Å². The van der Waals surface area contributed by atoms with E-state index in [0.717, 1.165) is 12.8 Å². The molecule has 0 radical (unpaired) electrons. The van der Waals surface area contributed by atoms with Gasteiger partial charge >= 0.3 is 0 Å². The highest BCUT2D eigenvalue weighted by molar-refractivity contribution is 5.98. The normalized spacial score (nSPS) is 15.0. The maximum absolute atomic E-state index is 12.3. The van der Waals surface area contributed by atoms with Gasteiger partial charge in [0.2, 0.25) is 5.91 Å². The summed E-state index contributed by atoms with van der Waals surface area (Å²) in [7, 11) is 0. The Labute approximate surface area is 158 Å². The highest BCUT2D eigenvalue weighted by atomic mass is 35.5. The van der Waals surface area contributed by atoms with Crippen LogP contribution in [0.5, 0.6) is 11.5 Å². The minimum Gasteiger partial charge on any atom is -0.457 e. The number of halogens is 1. The van der Waals surface area contributed by atoms with Gasteiger partial charge in [0, 0.05) is 5.69 Å². The van der Waals surface area contributed by atoms with Crippen molar-refractivity contribution in [2.75, 3.05) is 5.32 Å². The summed E-state index contributed by atoms with van der Waals surface area (Å²) in [6.45, 7) is 0. The molecule has 0 aromatic heterocycles. The molecule has 5 N–H and O–H groups in total. The summed E-state index contributed by atoms with van der Waals surface area (Å²) in [6.07, 6.45) is 3.39. The third-order valence-corrected chi connectivity index (χ3v) is 4.44. The molecule has 0 unspecified atom stereocenters. The summed E-state index contributed by atoms with van der Waals surface area (Å²) >= 11 is 0. The monoisotopic (exact) mass is 375 g/mol. The molecule has 138 valence electrons. The number of rotatable bonds is 5. The van der Waals surface area contributed by atoms with Crippen molar-refractivity contribution >= 4 is 29.9 Å². The number of ether oxygens (including phenoxy) is 1. The van der Waals surface area contributed by atoms with E-state index in [0.29, 0.717) is 35.6 Å². The van der Waals surface area contributed by atoms with E-state index in [1.54, 1.807) is 48.5 Å². The second-order valence-electron chi connectivity index (χ2n) is 6.30. The fraction of sp³-hybridized carbons (Fsp3) is 0.263. The standard InChI is InChI=1S/C19H21N3O3.ClH/c20-17(23)15-5-1-2-6-16(15)25-14-9-7-13(8-10-14)22-18(24)19(21)11-3-4-12-19;/h1-2,5-10H,3-4,11-12,21H2,(H2,20,23)(H,22,24);1H. The maximum atomic E-state index is 12.3. The average molecular weight is 376 g/mol. The number of carbonyl (C=O) groups is 2. The molecule has 7 heteroatoms. The summed E-state index contributed by atoms with van der Waals surface area (Å²) in [6, 6.07) is 13.7. The molecule has 0 aliphatic heterocycles. The number of nitrogens with two attached hydrogens (primary N) is 2. The molecule has 0 bridgehead atoms. The number of hydrogen-bond acceptors (Lipinski definition) is 4. The lowest BCUT2D eigenvalue weighted by Crippen LogP contribution is -2.48. The molecule has 1 aliphatic carbocycles. The number of carbonyl (C=O) groups excluding carboxylic acids is 2. The highest BCUT2D eigenvalue weighted by Crippen LogP contribution is 2.29. The Morgan fingerprint density at radius 3 is 2.23 bits per heavy atom. The molecule has 2 aromatic carbocycles. The van der Waals surface area contributed by atoms with Crippen LogP contribution in [0.4, 0.5) is 5.69 Å². The zero-order valence-electron chi connectivity index (χ0n) is 14.2. The van der Waals surface area contributed by atoms with Crippen molar-refractivity contribution in [2.45, 2.75) is 31.2 Å². The Morgan fingerprint density at radius 2 is 1.62 bits per heavy atom. The van der Waals surface area contributed by atoms with Crippen molar-refractivity contribution in [3.63, 3.8) is 0 Å². The smallest absolute Gasteiger partial charge is 0.252 e. The predicted molar refractivity (Wildman–Crippen MR) is 103 cm³/mol. The van der Waals surface area contributed by atoms with Crippen molar-refractivity contribution in [3.05, 3.63) is 54.1 Å². The van der Waals surface area contributed by atoms with E-state index in [1.807, 2.05) is 0 Å². The third kappa shape index (κ3) is 4.33. The van der Waals surface area contributed by atoms with Crippen LogP contribution in [-0.4, -0.2) is 17.4 Å². The van der Waals surface area contributed by atoms with E-state index in [2.05, 4.69) is 5.32 Å². The number of hydrogen-bond donors (Lipinski definition) is 3. The Hall–Kier alpha value is -2.57.